The number of carbonyl (C=O) groups is 1. The molecule has 0 spiro atoms. The molecule has 1 amide bonds. The predicted molar refractivity (Wildman–Crippen MR) is 164 cm³/mol. The summed E-state index contributed by atoms with van der Waals surface area (Å²) in [6.07, 6.45) is 0. The number of nitrogens with one attached hydrogen (secondary N) is 3. The highest BCUT2D eigenvalue weighted by atomic mass is 16.2. The molecular formula is C34H32N4O. The van der Waals surface area contributed by atoms with Gasteiger partial charge >= 0.3 is 0 Å². The molecule has 39 heavy (non-hydrogen) atoms. The van der Waals surface area contributed by atoms with Crippen LogP contribution in [0.15, 0.2) is 121 Å². The molecule has 0 aliphatic rings. The summed E-state index contributed by atoms with van der Waals surface area (Å²) in [7, 11) is 1.91. The van der Waals surface area contributed by atoms with Gasteiger partial charge in [0.1, 0.15) is 0 Å². The Hall–Kier alpha value is -5.03. The fraction of sp³-hybridized carbons (Fsp3) is 0.0882. The molecule has 0 fully saturated rings. The summed E-state index contributed by atoms with van der Waals surface area (Å²) in [5.41, 5.74) is 9.46. The number of nitrogens with zero attached hydrogens (tertiary/aromatic N) is 1. The molecule has 0 aliphatic carbocycles. The monoisotopic (exact) mass is 512 g/mol. The topological polar surface area (TPSA) is 56.4 Å². The third-order valence-electron chi connectivity index (χ3n) is 6.63. The van der Waals surface area contributed by atoms with Crippen molar-refractivity contribution in [2.75, 3.05) is 27.9 Å². The van der Waals surface area contributed by atoms with Crippen molar-refractivity contribution in [1.82, 2.24) is 0 Å². The van der Waals surface area contributed by atoms with Crippen molar-refractivity contribution in [3.8, 4) is 0 Å². The van der Waals surface area contributed by atoms with Gasteiger partial charge in [-0.1, -0.05) is 35.9 Å². The van der Waals surface area contributed by atoms with E-state index in [0.29, 0.717) is 5.56 Å². The van der Waals surface area contributed by atoms with Crippen LogP contribution in [0.2, 0.25) is 0 Å². The van der Waals surface area contributed by atoms with Crippen molar-refractivity contribution in [2.45, 2.75) is 13.8 Å². The van der Waals surface area contributed by atoms with Gasteiger partial charge in [0.15, 0.2) is 0 Å². The third-order valence-corrected chi connectivity index (χ3v) is 6.63. The Labute approximate surface area is 230 Å². The van der Waals surface area contributed by atoms with Gasteiger partial charge in [0, 0.05) is 52.4 Å². The molecule has 0 atom stereocenters. The molecule has 5 aromatic rings. The van der Waals surface area contributed by atoms with Gasteiger partial charge < -0.3 is 16.0 Å². The first-order chi connectivity index (χ1) is 19.0. The quantitative estimate of drug-likeness (QED) is 0.194. The van der Waals surface area contributed by atoms with Crippen molar-refractivity contribution in [3.63, 3.8) is 0 Å². The zero-order valence-corrected chi connectivity index (χ0v) is 22.4. The molecule has 5 heteroatoms. The highest BCUT2D eigenvalue weighted by Crippen LogP contribution is 2.31. The van der Waals surface area contributed by atoms with E-state index in [4.69, 9.17) is 0 Å². The van der Waals surface area contributed by atoms with E-state index >= 15 is 0 Å². The maximum Gasteiger partial charge on any atom is 0.263 e. The minimum atomic E-state index is -0.0543. The summed E-state index contributed by atoms with van der Waals surface area (Å²) in [6, 6.07) is 40.0. The van der Waals surface area contributed by atoms with E-state index in [0.717, 1.165) is 50.9 Å². The first-order valence-corrected chi connectivity index (χ1v) is 13.0. The summed E-state index contributed by atoms with van der Waals surface area (Å²) >= 11 is 0. The molecular weight excluding hydrogens is 480 g/mol. The lowest BCUT2D eigenvalue weighted by Crippen LogP contribution is -2.26. The maximum absolute atomic E-state index is 13.7. The van der Waals surface area contributed by atoms with E-state index in [2.05, 4.69) is 16.0 Å². The molecule has 0 saturated carbocycles. The SMILES string of the molecule is CNc1ccc(Nc2ccc(Nc3ccc(N(C(=O)c4ccccc4C)c4ccc(C)cc4)cc3)cc2)cc1. The van der Waals surface area contributed by atoms with Crippen LogP contribution >= 0.6 is 0 Å². The average Bonchev–Trinajstić information content (AvgIpc) is 2.97. The van der Waals surface area contributed by atoms with E-state index in [1.165, 1.54) is 0 Å². The van der Waals surface area contributed by atoms with Crippen LogP contribution in [0.1, 0.15) is 21.5 Å². The molecule has 0 aromatic heterocycles. The molecule has 5 rings (SSSR count). The van der Waals surface area contributed by atoms with Crippen molar-refractivity contribution in [3.05, 3.63) is 138 Å². The molecule has 0 heterocycles. The maximum atomic E-state index is 13.7. The Morgan fingerprint density at radius 2 is 0.949 bits per heavy atom. The lowest BCUT2D eigenvalue weighted by molar-refractivity contribution is 0.0998. The molecule has 0 saturated heterocycles. The zero-order chi connectivity index (χ0) is 27.2. The van der Waals surface area contributed by atoms with Crippen LogP contribution in [0, 0.1) is 13.8 Å². The van der Waals surface area contributed by atoms with Crippen molar-refractivity contribution >= 4 is 45.7 Å². The summed E-state index contributed by atoms with van der Waals surface area (Å²) in [5.74, 6) is -0.0543. The number of aryl methyl sites for hydroxylation is 2. The van der Waals surface area contributed by atoms with Gasteiger partial charge in [-0.3, -0.25) is 9.69 Å². The Morgan fingerprint density at radius 1 is 0.538 bits per heavy atom. The first-order valence-electron chi connectivity index (χ1n) is 13.0. The zero-order valence-electron chi connectivity index (χ0n) is 22.4. The standard InChI is InChI=1S/C34H32N4O/c1-24-8-20-31(21-9-24)38(34(39)33-7-5-4-6-25(33)2)32-22-18-30(19-23-32)37-29-16-14-28(15-17-29)36-27-12-10-26(35-3)11-13-27/h4-23,35-37H,1-3H3. The largest absolute Gasteiger partial charge is 0.388 e. The van der Waals surface area contributed by atoms with Crippen LogP contribution in [0.5, 0.6) is 0 Å². The number of hydrogen-bond acceptors (Lipinski definition) is 4. The molecule has 194 valence electrons. The Morgan fingerprint density at radius 3 is 1.41 bits per heavy atom. The summed E-state index contributed by atoms with van der Waals surface area (Å²) in [5, 5.41) is 10.0. The van der Waals surface area contributed by atoms with Crippen LogP contribution in [-0.4, -0.2) is 13.0 Å². The van der Waals surface area contributed by atoms with Gasteiger partial charge in [-0.05, 0) is 110 Å². The summed E-state index contributed by atoms with van der Waals surface area (Å²) < 4.78 is 0. The summed E-state index contributed by atoms with van der Waals surface area (Å²) in [4.78, 5) is 15.5. The number of anilines is 7. The number of benzene rings is 5. The fourth-order valence-electron chi connectivity index (χ4n) is 4.40. The second-order valence-corrected chi connectivity index (χ2v) is 9.49. The highest BCUT2D eigenvalue weighted by molar-refractivity contribution is 6.11. The van der Waals surface area contributed by atoms with Gasteiger partial charge in [0.05, 0.1) is 0 Å². The molecule has 0 bridgehead atoms. The van der Waals surface area contributed by atoms with Crippen molar-refractivity contribution < 1.29 is 4.79 Å². The van der Waals surface area contributed by atoms with Crippen LogP contribution in [-0.2, 0) is 0 Å². The summed E-state index contributed by atoms with van der Waals surface area (Å²) in [6.45, 7) is 4.01. The van der Waals surface area contributed by atoms with Crippen molar-refractivity contribution in [2.24, 2.45) is 0 Å². The van der Waals surface area contributed by atoms with Crippen LogP contribution in [0.25, 0.3) is 0 Å². The van der Waals surface area contributed by atoms with Gasteiger partial charge in [-0.25, -0.2) is 0 Å². The fourth-order valence-corrected chi connectivity index (χ4v) is 4.40. The highest BCUT2D eigenvalue weighted by Gasteiger charge is 2.21. The van der Waals surface area contributed by atoms with Gasteiger partial charge in [0.25, 0.3) is 5.91 Å². The van der Waals surface area contributed by atoms with Gasteiger partial charge in [-0.2, -0.15) is 0 Å². The average molecular weight is 513 g/mol. The number of carbonyl (C=O) groups excluding carboxylic acids is 1. The minimum absolute atomic E-state index is 0.0543. The number of amides is 1. The van der Waals surface area contributed by atoms with Crippen molar-refractivity contribution in [1.29, 1.82) is 0 Å². The Kier molecular flexibility index (Phi) is 7.60. The predicted octanol–water partition coefficient (Wildman–Crippen LogP) is 8.81. The Bertz CT molecular complexity index is 1540. The second-order valence-electron chi connectivity index (χ2n) is 9.49. The third kappa shape index (κ3) is 6.11. The van der Waals surface area contributed by atoms with E-state index in [9.17, 15) is 4.79 Å². The van der Waals surface area contributed by atoms with Gasteiger partial charge in [0.2, 0.25) is 0 Å². The number of hydrogen-bond donors (Lipinski definition) is 3. The molecule has 0 radical (unpaired) electrons. The molecule has 0 aliphatic heterocycles. The van der Waals surface area contributed by atoms with Gasteiger partial charge in [-0.15, -0.1) is 0 Å². The van der Waals surface area contributed by atoms with Crippen LogP contribution < -0.4 is 20.9 Å². The van der Waals surface area contributed by atoms with E-state index in [1.807, 2.05) is 142 Å². The normalized spacial score (nSPS) is 10.5. The second kappa shape index (κ2) is 11.6. The Balaban J connectivity index is 1.33. The van der Waals surface area contributed by atoms with E-state index < -0.39 is 0 Å². The smallest absolute Gasteiger partial charge is 0.263 e. The molecule has 0 unspecified atom stereocenters. The molecule has 3 N–H and O–H groups in total. The van der Waals surface area contributed by atoms with E-state index in [1.54, 1.807) is 4.90 Å². The number of rotatable bonds is 8. The molecule has 5 nitrogen and oxygen atoms in total. The van der Waals surface area contributed by atoms with E-state index in [-0.39, 0.29) is 5.91 Å². The molecule has 5 aromatic carbocycles. The lowest BCUT2D eigenvalue weighted by Gasteiger charge is -2.24. The lowest BCUT2D eigenvalue weighted by atomic mass is 10.1. The van der Waals surface area contributed by atoms with Crippen LogP contribution in [0.3, 0.4) is 0 Å². The first kappa shape index (κ1) is 25.6. The minimum Gasteiger partial charge on any atom is -0.388 e. The van der Waals surface area contributed by atoms with Crippen LogP contribution in [0.4, 0.5) is 39.8 Å².